The second-order valence-corrected chi connectivity index (χ2v) is 6.79. The van der Waals surface area contributed by atoms with Crippen LogP contribution in [0.1, 0.15) is 39.1 Å². The maximum Gasteiger partial charge on any atom is 0.261 e. The van der Waals surface area contributed by atoms with Crippen molar-refractivity contribution in [3.05, 3.63) is 58.1 Å². The number of halogens is 1. The van der Waals surface area contributed by atoms with Gasteiger partial charge in [-0.1, -0.05) is 23.7 Å². The Bertz CT molecular complexity index is 840. The molecule has 2 aliphatic heterocycles. The van der Waals surface area contributed by atoms with E-state index in [0.717, 1.165) is 31.5 Å². The number of phenolic OH excluding ortho intramolecular Hbond substituents is 1. The van der Waals surface area contributed by atoms with Gasteiger partial charge >= 0.3 is 0 Å². The van der Waals surface area contributed by atoms with Crippen LogP contribution in [0.3, 0.4) is 0 Å². The maximum atomic E-state index is 12.5. The Morgan fingerprint density at radius 2 is 1.60 bits per heavy atom. The van der Waals surface area contributed by atoms with Gasteiger partial charge in [-0.2, -0.15) is 0 Å². The lowest BCUT2D eigenvalue weighted by Gasteiger charge is -2.22. The Morgan fingerprint density at radius 3 is 2.20 bits per heavy atom. The Kier molecular flexibility index (Phi) is 3.88. The first-order chi connectivity index (χ1) is 12.1. The van der Waals surface area contributed by atoms with Gasteiger partial charge in [-0.25, -0.2) is 0 Å². The number of hydrogen-bond donors (Lipinski definition) is 1. The molecule has 2 aliphatic rings. The van der Waals surface area contributed by atoms with Crippen molar-refractivity contribution in [3.63, 3.8) is 0 Å². The Labute approximate surface area is 150 Å². The van der Waals surface area contributed by atoms with Gasteiger partial charge in [-0.3, -0.25) is 14.5 Å². The van der Waals surface area contributed by atoms with Crippen molar-refractivity contribution in [2.24, 2.45) is 0 Å². The monoisotopic (exact) mass is 356 g/mol. The quantitative estimate of drug-likeness (QED) is 0.856. The van der Waals surface area contributed by atoms with Crippen LogP contribution in [0, 0.1) is 0 Å². The number of carbonyl (C=O) groups is 2. The highest BCUT2D eigenvalue weighted by Crippen LogP contribution is 2.38. The van der Waals surface area contributed by atoms with Crippen molar-refractivity contribution >= 4 is 29.1 Å². The molecule has 0 saturated carbocycles. The molecule has 2 amide bonds. The van der Waals surface area contributed by atoms with E-state index in [1.807, 2.05) is 6.07 Å². The van der Waals surface area contributed by atoms with E-state index in [0.29, 0.717) is 16.8 Å². The highest BCUT2D eigenvalue weighted by Gasteiger charge is 2.35. The van der Waals surface area contributed by atoms with Gasteiger partial charge in [0, 0.05) is 13.1 Å². The molecule has 2 aromatic carbocycles. The number of imide groups is 1. The number of hydrogen-bond acceptors (Lipinski definition) is 4. The van der Waals surface area contributed by atoms with E-state index in [9.17, 15) is 14.7 Å². The molecular weight excluding hydrogens is 340 g/mol. The van der Waals surface area contributed by atoms with Gasteiger partial charge in [-0.05, 0) is 42.7 Å². The molecule has 0 bridgehead atoms. The fraction of sp³-hybridized carbons (Fsp3) is 0.263. The van der Waals surface area contributed by atoms with E-state index in [4.69, 9.17) is 11.6 Å². The van der Waals surface area contributed by atoms with Gasteiger partial charge < -0.3 is 10.0 Å². The minimum absolute atomic E-state index is 0.0506. The standard InChI is InChI=1S/C19H17ClN2O3/c20-15-9-12(10-16(17(15)23)21-7-3-4-8-21)11-22-18(24)13-5-1-2-6-14(13)19(22)25/h1-2,5-6,9-10,23H,3-4,7-8,11H2. The molecule has 6 heteroatoms. The number of carbonyl (C=O) groups excluding carboxylic acids is 2. The number of nitrogens with zero attached hydrogens (tertiary/aromatic N) is 2. The summed E-state index contributed by atoms with van der Waals surface area (Å²) >= 11 is 6.18. The number of amides is 2. The average Bonchev–Trinajstić information content (AvgIpc) is 3.22. The summed E-state index contributed by atoms with van der Waals surface area (Å²) in [5.74, 6) is -0.547. The van der Waals surface area contributed by atoms with E-state index in [1.165, 1.54) is 4.90 Å². The molecule has 5 nitrogen and oxygen atoms in total. The van der Waals surface area contributed by atoms with Crippen LogP contribution in [0.15, 0.2) is 36.4 Å². The van der Waals surface area contributed by atoms with Crippen LogP contribution in [0.25, 0.3) is 0 Å². The summed E-state index contributed by atoms with van der Waals surface area (Å²) in [7, 11) is 0. The SMILES string of the molecule is O=C1c2ccccc2C(=O)N1Cc1cc(Cl)c(O)c(N2CCCC2)c1. The van der Waals surface area contributed by atoms with Crippen molar-refractivity contribution in [3.8, 4) is 5.75 Å². The maximum absolute atomic E-state index is 12.5. The van der Waals surface area contributed by atoms with Crippen molar-refractivity contribution in [1.82, 2.24) is 4.90 Å². The van der Waals surface area contributed by atoms with E-state index < -0.39 is 0 Å². The summed E-state index contributed by atoms with van der Waals surface area (Å²) in [6, 6.07) is 10.2. The van der Waals surface area contributed by atoms with E-state index >= 15 is 0 Å². The number of aromatic hydroxyl groups is 1. The molecule has 1 N–H and O–H groups in total. The lowest BCUT2D eigenvalue weighted by molar-refractivity contribution is 0.0642. The van der Waals surface area contributed by atoms with Crippen LogP contribution in [0.2, 0.25) is 5.02 Å². The van der Waals surface area contributed by atoms with Crippen LogP contribution in [0.4, 0.5) is 5.69 Å². The fourth-order valence-corrected chi connectivity index (χ4v) is 3.73. The molecule has 0 radical (unpaired) electrons. The zero-order valence-corrected chi connectivity index (χ0v) is 14.3. The molecule has 1 saturated heterocycles. The number of benzene rings is 2. The molecule has 25 heavy (non-hydrogen) atoms. The van der Waals surface area contributed by atoms with Gasteiger partial charge in [0.15, 0.2) is 5.75 Å². The first kappa shape index (κ1) is 16.0. The van der Waals surface area contributed by atoms with Gasteiger partial charge in [-0.15, -0.1) is 0 Å². The first-order valence-corrected chi connectivity index (χ1v) is 8.65. The molecule has 128 valence electrons. The Hall–Kier alpha value is -2.53. The van der Waals surface area contributed by atoms with E-state index in [1.54, 1.807) is 30.3 Å². The molecule has 0 aromatic heterocycles. The smallest absolute Gasteiger partial charge is 0.261 e. The molecule has 0 atom stereocenters. The summed E-state index contributed by atoms with van der Waals surface area (Å²) in [5, 5.41) is 10.5. The number of rotatable bonds is 3. The third-order valence-electron chi connectivity index (χ3n) is 4.77. The van der Waals surface area contributed by atoms with Gasteiger partial charge in [0.05, 0.1) is 28.4 Å². The average molecular weight is 357 g/mol. The summed E-state index contributed by atoms with van der Waals surface area (Å²) in [6.45, 7) is 1.86. The molecule has 1 fully saturated rings. The molecular formula is C19H17ClN2O3. The fourth-order valence-electron chi connectivity index (χ4n) is 3.49. The van der Waals surface area contributed by atoms with Crippen molar-refractivity contribution in [2.45, 2.75) is 19.4 Å². The van der Waals surface area contributed by atoms with Crippen LogP contribution in [-0.2, 0) is 6.54 Å². The van der Waals surface area contributed by atoms with Gasteiger partial charge in [0.1, 0.15) is 0 Å². The van der Waals surface area contributed by atoms with Crippen LogP contribution < -0.4 is 4.90 Å². The summed E-state index contributed by atoms with van der Waals surface area (Å²) < 4.78 is 0. The Morgan fingerprint density at radius 1 is 1.00 bits per heavy atom. The van der Waals surface area contributed by atoms with Crippen LogP contribution in [-0.4, -0.2) is 34.9 Å². The van der Waals surface area contributed by atoms with Crippen LogP contribution in [0.5, 0.6) is 5.75 Å². The van der Waals surface area contributed by atoms with Crippen LogP contribution >= 0.6 is 11.6 Å². The van der Waals surface area contributed by atoms with E-state index in [2.05, 4.69) is 4.90 Å². The van der Waals surface area contributed by atoms with Crippen molar-refractivity contribution < 1.29 is 14.7 Å². The largest absolute Gasteiger partial charge is 0.504 e. The summed E-state index contributed by atoms with van der Waals surface area (Å²) in [6.07, 6.45) is 2.14. The van der Waals surface area contributed by atoms with Gasteiger partial charge in [0.25, 0.3) is 11.8 Å². The molecule has 2 heterocycles. The summed E-state index contributed by atoms with van der Waals surface area (Å²) in [4.78, 5) is 28.3. The zero-order chi connectivity index (χ0) is 17.6. The number of phenols is 1. The minimum atomic E-state index is -0.299. The second kappa shape index (κ2) is 6.08. The lowest BCUT2D eigenvalue weighted by atomic mass is 10.1. The predicted molar refractivity (Wildman–Crippen MR) is 95.2 cm³/mol. The third-order valence-corrected chi connectivity index (χ3v) is 5.06. The topological polar surface area (TPSA) is 60.9 Å². The highest BCUT2D eigenvalue weighted by molar-refractivity contribution is 6.32. The van der Waals surface area contributed by atoms with Gasteiger partial charge in [0.2, 0.25) is 0 Å². The molecule has 2 aromatic rings. The molecule has 0 unspecified atom stereocenters. The third kappa shape index (κ3) is 2.65. The predicted octanol–water partition coefficient (Wildman–Crippen LogP) is 3.44. The normalized spacial score (nSPS) is 16.7. The molecule has 4 rings (SSSR count). The first-order valence-electron chi connectivity index (χ1n) is 8.28. The lowest BCUT2D eigenvalue weighted by Crippen LogP contribution is -2.29. The molecule has 0 aliphatic carbocycles. The zero-order valence-electron chi connectivity index (χ0n) is 13.5. The highest BCUT2D eigenvalue weighted by atomic mass is 35.5. The Balaban J connectivity index is 1.66. The second-order valence-electron chi connectivity index (χ2n) is 6.38. The summed E-state index contributed by atoms with van der Waals surface area (Å²) in [5.41, 5.74) is 2.24. The number of anilines is 1. The van der Waals surface area contributed by atoms with Crippen molar-refractivity contribution in [2.75, 3.05) is 18.0 Å². The molecule has 0 spiro atoms. The van der Waals surface area contributed by atoms with E-state index in [-0.39, 0.29) is 29.1 Å². The van der Waals surface area contributed by atoms with Crippen molar-refractivity contribution in [1.29, 1.82) is 0 Å². The minimum Gasteiger partial charge on any atom is -0.504 e. The number of fused-ring (bicyclic) bond motifs is 1.